The van der Waals surface area contributed by atoms with Gasteiger partial charge in [-0.2, -0.15) is 5.10 Å². The van der Waals surface area contributed by atoms with Gasteiger partial charge in [-0.05, 0) is 0 Å². The Morgan fingerprint density at radius 1 is 1.92 bits per heavy atom. The third kappa shape index (κ3) is 2.85. The van der Waals surface area contributed by atoms with Crippen LogP contribution in [0.2, 0.25) is 0 Å². The van der Waals surface area contributed by atoms with Gasteiger partial charge >= 0.3 is 0 Å². The summed E-state index contributed by atoms with van der Waals surface area (Å²) >= 11 is 0. The smallest absolute Gasteiger partial charge is 0.244 e. The molecule has 0 fully saturated rings. The van der Waals surface area contributed by atoms with Gasteiger partial charge in [-0.1, -0.05) is 0 Å². The second kappa shape index (κ2) is 4.58. The van der Waals surface area contributed by atoms with Gasteiger partial charge in [0.1, 0.15) is 11.9 Å². The van der Waals surface area contributed by atoms with Crippen molar-refractivity contribution in [2.45, 2.75) is 6.04 Å². The van der Waals surface area contributed by atoms with Gasteiger partial charge in [-0.15, -0.1) is 0 Å². The van der Waals surface area contributed by atoms with Crippen LogP contribution < -0.4 is 11.1 Å². The molecule has 1 aromatic rings. The molecular weight excluding hydrogens is 172 g/mol. The third-order valence-electron chi connectivity index (χ3n) is 1.44. The molecule has 0 radical (unpaired) electrons. The van der Waals surface area contributed by atoms with E-state index < -0.39 is 6.04 Å². The maximum Gasteiger partial charge on any atom is 0.244 e. The minimum absolute atomic E-state index is 0.194. The summed E-state index contributed by atoms with van der Waals surface area (Å²) in [6, 6.07) is 0.977. The molecule has 1 unspecified atom stereocenters. The fraction of sp³-hybridized carbons (Fsp3) is 0.429. The zero-order valence-electron chi connectivity index (χ0n) is 7.28. The Labute approximate surface area is 75.5 Å². The molecule has 0 aliphatic heterocycles. The molecule has 0 aliphatic carbocycles. The van der Waals surface area contributed by atoms with Gasteiger partial charge in [-0.25, -0.2) is 0 Å². The molecule has 13 heavy (non-hydrogen) atoms. The summed E-state index contributed by atoms with van der Waals surface area (Å²) in [6.07, 6.45) is 1.54. The van der Waals surface area contributed by atoms with Crippen LogP contribution in [0.4, 0.5) is 5.82 Å². The number of aromatic nitrogens is 2. The second-order valence-electron chi connectivity index (χ2n) is 2.52. The standard InChI is InChI=1S/C7H12N4O2/c1-13-4-5(8)7(12)10-6-2-3-9-11-6/h2-3,5H,4,8H2,1H3,(H2,9,10,11,12). The van der Waals surface area contributed by atoms with E-state index in [4.69, 9.17) is 10.5 Å². The normalized spacial score (nSPS) is 12.5. The zero-order chi connectivity index (χ0) is 9.68. The van der Waals surface area contributed by atoms with Crippen molar-refractivity contribution < 1.29 is 9.53 Å². The van der Waals surface area contributed by atoms with Crippen molar-refractivity contribution in [3.8, 4) is 0 Å². The molecule has 0 bridgehead atoms. The Balaban J connectivity index is 2.41. The zero-order valence-corrected chi connectivity index (χ0v) is 7.28. The van der Waals surface area contributed by atoms with E-state index in [-0.39, 0.29) is 12.5 Å². The average Bonchev–Trinajstić information content (AvgIpc) is 2.57. The van der Waals surface area contributed by atoms with E-state index in [2.05, 4.69) is 15.5 Å². The molecule has 1 atom stereocenters. The number of nitrogens with one attached hydrogen (secondary N) is 2. The number of aromatic amines is 1. The number of carbonyl (C=O) groups excluding carboxylic acids is 1. The van der Waals surface area contributed by atoms with Gasteiger partial charge in [0, 0.05) is 13.2 Å². The number of rotatable bonds is 4. The lowest BCUT2D eigenvalue weighted by molar-refractivity contribution is -0.118. The topological polar surface area (TPSA) is 93.0 Å². The fourth-order valence-electron chi connectivity index (χ4n) is 0.806. The Bertz CT molecular complexity index is 259. The minimum atomic E-state index is -0.659. The van der Waals surface area contributed by atoms with Gasteiger partial charge in [0.2, 0.25) is 5.91 Å². The number of nitrogens with zero attached hydrogens (tertiary/aromatic N) is 1. The summed E-state index contributed by atoms with van der Waals surface area (Å²) in [5, 5.41) is 8.80. The molecule has 1 rings (SSSR count). The van der Waals surface area contributed by atoms with Gasteiger partial charge in [0.05, 0.1) is 12.8 Å². The molecule has 72 valence electrons. The number of carbonyl (C=O) groups is 1. The molecule has 6 nitrogen and oxygen atoms in total. The van der Waals surface area contributed by atoms with E-state index in [1.54, 1.807) is 6.07 Å². The summed E-state index contributed by atoms with van der Waals surface area (Å²) in [5.74, 6) is 0.225. The lowest BCUT2D eigenvalue weighted by atomic mass is 10.3. The maximum atomic E-state index is 11.2. The number of ether oxygens (including phenoxy) is 1. The first-order valence-corrected chi connectivity index (χ1v) is 3.79. The molecule has 0 aromatic carbocycles. The summed E-state index contributed by atoms with van der Waals surface area (Å²) in [4.78, 5) is 11.2. The van der Waals surface area contributed by atoms with Crippen molar-refractivity contribution in [1.82, 2.24) is 10.2 Å². The van der Waals surface area contributed by atoms with E-state index in [1.165, 1.54) is 13.3 Å². The molecule has 0 saturated carbocycles. The van der Waals surface area contributed by atoms with Gasteiger partial charge in [0.25, 0.3) is 0 Å². The molecule has 0 aliphatic rings. The molecule has 0 spiro atoms. The fourth-order valence-corrected chi connectivity index (χ4v) is 0.806. The highest BCUT2D eigenvalue weighted by molar-refractivity contribution is 5.93. The molecule has 4 N–H and O–H groups in total. The van der Waals surface area contributed by atoms with Crippen LogP contribution in [-0.4, -0.2) is 35.9 Å². The molecule has 1 heterocycles. The summed E-state index contributed by atoms with van der Waals surface area (Å²) < 4.78 is 4.73. The number of amides is 1. The molecular formula is C7H12N4O2. The van der Waals surface area contributed by atoms with Crippen molar-refractivity contribution in [2.24, 2.45) is 5.73 Å². The molecule has 6 heteroatoms. The van der Waals surface area contributed by atoms with Crippen molar-refractivity contribution in [1.29, 1.82) is 0 Å². The summed E-state index contributed by atoms with van der Waals surface area (Å²) in [6.45, 7) is 0.194. The molecule has 1 aromatic heterocycles. The number of methoxy groups -OCH3 is 1. The van der Waals surface area contributed by atoms with Crippen LogP contribution in [0.25, 0.3) is 0 Å². The van der Waals surface area contributed by atoms with Crippen LogP contribution in [0.3, 0.4) is 0 Å². The number of anilines is 1. The van der Waals surface area contributed by atoms with E-state index in [0.29, 0.717) is 5.82 Å². The monoisotopic (exact) mass is 184 g/mol. The van der Waals surface area contributed by atoms with Gasteiger partial charge in [0.15, 0.2) is 0 Å². The Kier molecular flexibility index (Phi) is 3.41. The quantitative estimate of drug-likeness (QED) is 0.578. The van der Waals surface area contributed by atoms with Crippen molar-refractivity contribution in [3.05, 3.63) is 12.3 Å². The third-order valence-corrected chi connectivity index (χ3v) is 1.44. The highest BCUT2D eigenvalue weighted by Crippen LogP contribution is 1.98. The van der Waals surface area contributed by atoms with E-state index in [0.717, 1.165) is 0 Å². The SMILES string of the molecule is COCC(N)C(=O)Nc1ccn[nH]1. The predicted octanol–water partition coefficient (Wildman–Crippen LogP) is -0.678. The lowest BCUT2D eigenvalue weighted by Gasteiger charge is -2.09. The van der Waals surface area contributed by atoms with Crippen molar-refractivity contribution >= 4 is 11.7 Å². The minimum Gasteiger partial charge on any atom is -0.383 e. The largest absolute Gasteiger partial charge is 0.383 e. The first-order chi connectivity index (χ1) is 6.24. The van der Waals surface area contributed by atoms with Crippen LogP contribution in [0.1, 0.15) is 0 Å². The van der Waals surface area contributed by atoms with E-state index >= 15 is 0 Å². The van der Waals surface area contributed by atoms with Crippen LogP contribution in [0, 0.1) is 0 Å². The van der Waals surface area contributed by atoms with Crippen LogP contribution in [0.15, 0.2) is 12.3 Å². The van der Waals surface area contributed by atoms with Gasteiger partial charge in [-0.3, -0.25) is 9.89 Å². The Hall–Kier alpha value is -1.40. The average molecular weight is 184 g/mol. The maximum absolute atomic E-state index is 11.2. The van der Waals surface area contributed by atoms with E-state index in [9.17, 15) is 4.79 Å². The summed E-state index contributed by atoms with van der Waals surface area (Å²) in [7, 11) is 1.49. The highest BCUT2D eigenvalue weighted by Gasteiger charge is 2.12. The highest BCUT2D eigenvalue weighted by atomic mass is 16.5. The van der Waals surface area contributed by atoms with Gasteiger partial charge < -0.3 is 15.8 Å². The van der Waals surface area contributed by atoms with E-state index in [1.807, 2.05) is 0 Å². The number of hydrogen-bond acceptors (Lipinski definition) is 4. The molecule has 1 amide bonds. The number of nitrogens with two attached hydrogens (primary N) is 1. The predicted molar refractivity (Wildman–Crippen MR) is 47.1 cm³/mol. The first kappa shape index (κ1) is 9.69. The number of H-pyrrole nitrogens is 1. The van der Waals surface area contributed by atoms with Crippen LogP contribution >= 0.6 is 0 Å². The van der Waals surface area contributed by atoms with Crippen LogP contribution in [0.5, 0.6) is 0 Å². The summed E-state index contributed by atoms with van der Waals surface area (Å²) in [5.41, 5.74) is 5.47. The number of hydrogen-bond donors (Lipinski definition) is 3. The Morgan fingerprint density at radius 3 is 3.23 bits per heavy atom. The molecule has 0 saturated heterocycles. The van der Waals surface area contributed by atoms with Crippen LogP contribution in [-0.2, 0) is 9.53 Å². The van der Waals surface area contributed by atoms with Crippen molar-refractivity contribution in [3.63, 3.8) is 0 Å². The second-order valence-corrected chi connectivity index (χ2v) is 2.52. The van der Waals surface area contributed by atoms with Crippen molar-refractivity contribution in [2.75, 3.05) is 19.0 Å². The first-order valence-electron chi connectivity index (χ1n) is 3.79. The Morgan fingerprint density at radius 2 is 2.69 bits per heavy atom. The lowest BCUT2D eigenvalue weighted by Crippen LogP contribution is -2.39.